The molecule has 0 bridgehead atoms. The van der Waals surface area contributed by atoms with Gasteiger partial charge in [0, 0.05) is 12.4 Å². The minimum atomic E-state index is -0.705. The quantitative estimate of drug-likeness (QED) is 0.744. The van der Waals surface area contributed by atoms with Crippen LogP contribution in [0, 0.1) is 0 Å². The van der Waals surface area contributed by atoms with Crippen molar-refractivity contribution in [2.24, 2.45) is 5.73 Å². The van der Waals surface area contributed by atoms with Crippen molar-refractivity contribution in [1.82, 2.24) is 4.98 Å². The smallest absolute Gasteiger partial charge is 0.0840 e. The Morgan fingerprint density at radius 2 is 2.14 bits per heavy atom. The van der Waals surface area contributed by atoms with Crippen molar-refractivity contribution in [3.8, 4) is 0 Å². The molecule has 1 aliphatic carbocycles. The predicted octanol–water partition coefficient (Wildman–Crippen LogP) is 1.39. The molecule has 3 heteroatoms. The Balaban J connectivity index is 2.19. The number of hydrogen-bond donors (Lipinski definition) is 2. The van der Waals surface area contributed by atoms with Crippen LogP contribution in [0.2, 0.25) is 0 Å². The van der Waals surface area contributed by atoms with Gasteiger partial charge in [-0.15, -0.1) is 0 Å². The van der Waals surface area contributed by atoms with E-state index in [0.29, 0.717) is 0 Å². The van der Waals surface area contributed by atoms with Crippen LogP contribution in [-0.4, -0.2) is 15.7 Å². The molecule has 1 aromatic heterocycles. The van der Waals surface area contributed by atoms with Crippen LogP contribution < -0.4 is 5.73 Å². The average molecular weight is 192 g/mol. The third kappa shape index (κ3) is 1.65. The summed E-state index contributed by atoms with van der Waals surface area (Å²) < 4.78 is 0. The van der Waals surface area contributed by atoms with Crippen molar-refractivity contribution in [1.29, 1.82) is 0 Å². The molecule has 1 heterocycles. The molecule has 1 atom stereocenters. The summed E-state index contributed by atoms with van der Waals surface area (Å²) in [5, 5.41) is 10.3. The zero-order chi connectivity index (χ0) is 10.0. The van der Waals surface area contributed by atoms with E-state index in [4.69, 9.17) is 5.73 Å². The molecule has 3 N–H and O–H groups in total. The van der Waals surface area contributed by atoms with Gasteiger partial charge in [0.1, 0.15) is 0 Å². The summed E-state index contributed by atoms with van der Waals surface area (Å²) in [6.45, 7) is 0. The van der Waals surface area contributed by atoms with E-state index in [-0.39, 0.29) is 6.04 Å². The van der Waals surface area contributed by atoms with Crippen molar-refractivity contribution < 1.29 is 5.11 Å². The first-order chi connectivity index (χ1) is 6.72. The van der Waals surface area contributed by atoms with Gasteiger partial charge in [0.2, 0.25) is 0 Å². The molecule has 76 valence electrons. The van der Waals surface area contributed by atoms with Gasteiger partial charge in [-0.05, 0) is 24.5 Å². The molecule has 2 rings (SSSR count). The molecule has 0 radical (unpaired) electrons. The Hall–Kier alpha value is -0.930. The Morgan fingerprint density at radius 3 is 2.71 bits per heavy atom. The van der Waals surface area contributed by atoms with Crippen LogP contribution in [0.1, 0.15) is 37.3 Å². The molecule has 0 aromatic carbocycles. The van der Waals surface area contributed by atoms with Gasteiger partial charge in [0.15, 0.2) is 0 Å². The fourth-order valence-electron chi connectivity index (χ4n) is 2.17. The zero-order valence-corrected chi connectivity index (χ0v) is 8.19. The van der Waals surface area contributed by atoms with Gasteiger partial charge in [0.25, 0.3) is 0 Å². The van der Waals surface area contributed by atoms with Crippen LogP contribution >= 0.6 is 0 Å². The minimum Gasteiger partial charge on any atom is -0.388 e. The van der Waals surface area contributed by atoms with E-state index in [1.54, 1.807) is 12.4 Å². The lowest BCUT2D eigenvalue weighted by molar-refractivity contribution is 0.0202. The average Bonchev–Trinajstić information content (AvgIpc) is 2.67. The van der Waals surface area contributed by atoms with E-state index in [9.17, 15) is 5.11 Å². The SMILES string of the molecule is NC(c1cccnc1)C1(O)CCCC1. The van der Waals surface area contributed by atoms with Gasteiger partial charge in [-0.1, -0.05) is 18.9 Å². The Labute approximate surface area is 84.0 Å². The summed E-state index contributed by atoms with van der Waals surface area (Å²) in [6, 6.07) is 3.49. The van der Waals surface area contributed by atoms with E-state index in [0.717, 1.165) is 31.2 Å². The normalized spacial score (nSPS) is 22.1. The molecule has 0 amide bonds. The van der Waals surface area contributed by atoms with E-state index in [1.807, 2.05) is 12.1 Å². The lowest BCUT2D eigenvalue weighted by Crippen LogP contribution is -2.38. The number of aromatic nitrogens is 1. The van der Waals surface area contributed by atoms with Crippen LogP contribution in [-0.2, 0) is 0 Å². The third-order valence-corrected chi connectivity index (χ3v) is 3.09. The highest BCUT2D eigenvalue weighted by atomic mass is 16.3. The number of pyridine rings is 1. The van der Waals surface area contributed by atoms with Crippen LogP contribution in [0.3, 0.4) is 0 Å². The maximum atomic E-state index is 10.3. The predicted molar refractivity (Wildman–Crippen MR) is 54.6 cm³/mol. The fraction of sp³-hybridized carbons (Fsp3) is 0.545. The molecule has 0 spiro atoms. The number of hydrogen-bond acceptors (Lipinski definition) is 3. The standard InChI is InChI=1S/C11H16N2O/c12-10(9-4-3-7-13-8-9)11(14)5-1-2-6-11/h3-4,7-8,10,14H,1-2,5-6,12H2. The summed E-state index contributed by atoms with van der Waals surface area (Å²) >= 11 is 0. The zero-order valence-electron chi connectivity index (χ0n) is 8.19. The first-order valence-corrected chi connectivity index (χ1v) is 5.10. The highest BCUT2D eigenvalue weighted by Gasteiger charge is 2.38. The molecule has 1 aliphatic rings. The Kier molecular flexibility index (Phi) is 2.52. The molecule has 0 saturated heterocycles. The molecule has 1 unspecified atom stereocenters. The largest absolute Gasteiger partial charge is 0.388 e. The number of rotatable bonds is 2. The van der Waals surface area contributed by atoms with Gasteiger partial charge in [-0.2, -0.15) is 0 Å². The molecular formula is C11H16N2O. The van der Waals surface area contributed by atoms with Crippen molar-refractivity contribution in [2.45, 2.75) is 37.3 Å². The van der Waals surface area contributed by atoms with E-state index < -0.39 is 5.60 Å². The second kappa shape index (κ2) is 3.67. The highest BCUT2D eigenvalue weighted by molar-refractivity contribution is 5.18. The van der Waals surface area contributed by atoms with Crippen LogP contribution in [0.15, 0.2) is 24.5 Å². The van der Waals surface area contributed by atoms with E-state index >= 15 is 0 Å². The Morgan fingerprint density at radius 1 is 1.43 bits per heavy atom. The minimum absolute atomic E-state index is 0.293. The maximum absolute atomic E-state index is 10.3. The maximum Gasteiger partial charge on any atom is 0.0840 e. The van der Waals surface area contributed by atoms with Crippen molar-refractivity contribution in [3.05, 3.63) is 30.1 Å². The first kappa shape index (κ1) is 9.62. The molecule has 1 aromatic rings. The lowest BCUT2D eigenvalue weighted by Gasteiger charge is -2.29. The summed E-state index contributed by atoms with van der Waals surface area (Å²) in [4.78, 5) is 4.02. The molecule has 1 saturated carbocycles. The van der Waals surface area contributed by atoms with Crippen molar-refractivity contribution in [2.75, 3.05) is 0 Å². The van der Waals surface area contributed by atoms with Gasteiger partial charge < -0.3 is 10.8 Å². The monoisotopic (exact) mass is 192 g/mol. The molecule has 0 aliphatic heterocycles. The highest BCUT2D eigenvalue weighted by Crippen LogP contribution is 2.37. The van der Waals surface area contributed by atoms with Crippen LogP contribution in [0.4, 0.5) is 0 Å². The fourth-order valence-corrected chi connectivity index (χ4v) is 2.17. The molecule has 14 heavy (non-hydrogen) atoms. The molecule has 3 nitrogen and oxygen atoms in total. The van der Waals surface area contributed by atoms with Crippen molar-refractivity contribution in [3.63, 3.8) is 0 Å². The van der Waals surface area contributed by atoms with Gasteiger partial charge >= 0.3 is 0 Å². The van der Waals surface area contributed by atoms with Gasteiger partial charge in [0.05, 0.1) is 11.6 Å². The first-order valence-electron chi connectivity index (χ1n) is 5.10. The lowest BCUT2D eigenvalue weighted by atomic mass is 9.89. The van der Waals surface area contributed by atoms with E-state index in [2.05, 4.69) is 4.98 Å². The molecule has 1 fully saturated rings. The van der Waals surface area contributed by atoms with Gasteiger partial charge in [-0.25, -0.2) is 0 Å². The summed E-state index contributed by atoms with van der Waals surface area (Å²) in [5.41, 5.74) is 6.27. The van der Waals surface area contributed by atoms with E-state index in [1.165, 1.54) is 0 Å². The Bertz CT molecular complexity index is 293. The number of aliphatic hydroxyl groups is 1. The summed E-state index contributed by atoms with van der Waals surface area (Å²) in [6.07, 6.45) is 7.22. The summed E-state index contributed by atoms with van der Waals surface area (Å²) in [5.74, 6) is 0. The number of nitrogens with two attached hydrogens (primary N) is 1. The second-order valence-corrected chi connectivity index (χ2v) is 4.07. The topological polar surface area (TPSA) is 59.1 Å². The van der Waals surface area contributed by atoms with Gasteiger partial charge in [-0.3, -0.25) is 4.98 Å². The van der Waals surface area contributed by atoms with Crippen LogP contribution in [0.5, 0.6) is 0 Å². The van der Waals surface area contributed by atoms with Crippen LogP contribution in [0.25, 0.3) is 0 Å². The third-order valence-electron chi connectivity index (χ3n) is 3.09. The van der Waals surface area contributed by atoms with Crippen molar-refractivity contribution >= 4 is 0 Å². The number of nitrogens with zero attached hydrogens (tertiary/aromatic N) is 1. The second-order valence-electron chi connectivity index (χ2n) is 4.07. The molecular weight excluding hydrogens is 176 g/mol. The summed E-state index contributed by atoms with van der Waals surface area (Å²) in [7, 11) is 0.